The number of aromatic nitrogens is 5. The Morgan fingerprint density at radius 2 is 1.83 bits per heavy atom. The molecule has 1 aliphatic rings. The van der Waals surface area contributed by atoms with Crippen molar-refractivity contribution in [3.05, 3.63) is 68.4 Å². The monoisotopic (exact) mass is 653 g/mol. The number of nitrogens with zero attached hydrogens (tertiary/aromatic N) is 5. The molecule has 0 saturated heterocycles. The molecule has 246 valence electrons. The highest BCUT2D eigenvalue weighted by Gasteiger charge is 2.37. The van der Waals surface area contributed by atoms with Crippen LogP contribution in [-0.4, -0.2) is 49.4 Å². The Kier molecular flexibility index (Phi) is 10.0. The van der Waals surface area contributed by atoms with Crippen molar-refractivity contribution in [3.63, 3.8) is 0 Å². The summed E-state index contributed by atoms with van der Waals surface area (Å²) in [6.07, 6.45) is 7.60. The fourth-order valence-electron chi connectivity index (χ4n) is 6.24. The lowest BCUT2D eigenvalue weighted by atomic mass is 9.82. The fraction of sp³-hybridized carbons (Fsp3) is 0.515. The highest BCUT2D eigenvalue weighted by molar-refractivity contribution is 7.21. The minimum Gasteiger partial charge on any atom is -0.496 e. The number of Topliss-reactive ketones (excluding diaryl/α,β-unsaturated/α-hetero) is 2. The first-order chi connectivity index (χ1) is 21.9. The van der Waals surface area contributed by atoms with E-state index < -0.39 is 28.7 Å². The topological polar surface area (TPSA) is 127 Å². The van der Waals surface area contributed by atoms with E-state index in [0.29, 0.717) is 26.7 Å². The molecule has 46 heavy (non-hydrogen) atoms. The number of carbonyl (C=O) groups excluding carboxylic acids is 2. The van der Waals surface area contributed by atoms with Gasteiger partial charge in [-0.1, -0.05) is 43.4 Å². The molecule has 0 amide bonds. The third kappa shape index (κ3) is 6.61. The quantitative estimate of drug-likeness (QED) is 0.191. The number of fused-ring (bicyclic) bond motifs is 1. The van der Waals surface area contributed by atoms with Gasteiger partial charge in [-0.15, -0.1) is 4.80 Å². The van der Waals surface area contributed by atoms with E-state index in [2.05, 4.69) is 10.2 Å². The summed E-state index contributed by atoms with van der Waals surface area (Å²) in [4.78, 5) is 56.2. The van der Waals surface area contributed by atoms with Crippen molar-refractivity contribution in [1.29, 1.82) is 0 Å². The van der Waals surface area contributed by atoms with Gasteiger partial charge in [0.05, 0.1) is 38.0 Å². The van der Waals surface area contributed by atoms with Crippen molar-refractivity contribution in [2.75, 3.05) is 13.7 Å². The molecule has 1 saturated carbocycles. The zero-order valence-corrected chi connectivity index (χ0v) is 27.7. The number of halogens is 1. The van der Waals surface area contributed by atoms with Crippen LogP contribution in [0.15, 0.2) is 40.2 Å². The van der Waals surface area contributed by atoms with E-state index >= 15 is 0 Å². The van der Waals surface area contributed by atoms with E-state index in [1.165, 1.54) is 54.0 Å². The molecule has 1 fully saturated rings. The van der Waals surface area contributed by atoms with E-state index in [-0.39, 0.29) is 48.9 Å². The Hall–Kier alpha value is -3.97. The maximum Gasteiger partial charge on any atom is 0.333 e. The van der Waals surface area contributed by atoms with Crippen molar-refractivity contribution in [3.8, 4) is 10.8 Å². The lowest BCUT2D eigenvalue weighted by Crippen LogP contribution is -2.53. The summed E-state index contributed by atoms with van der Waals surface area (Å²) in [6, 6.07) is 3.99. The minimum atomic E-state index is -1.46. The largest absolute Gasteiger partial charge is 0.496 e. The number of hydrogen-bond acceptors (Lipinski definition) is 9. The Labute approximate surface area is 269 Å². The Balaban J connectivity index is 1.71. The molecule has 1 aliphatic carbocycles. The highest BCUT2D eigenvalue weighted by atomic mass is 32.1. The third-order valence-electron chi connectivity index (χ3n) is 8.89. The predicted octanol–water partition coefficient (Wildman–Crippen LogP) is 5.27. The zero-order chi connectivity index (χ0) is 33.2. The first-order valence-corrected chi connectivity index (χ1v) is 16.4. The lowest BCUT2D eigenvalue weighted by molar-refractivity contribution is -0.127. The van der Waals surface area contributed by atoms with Crippen molar-refractivity contribution in [2.45, 2.75) is 90.8 Å². The van der Waals surface area contributed by atoms with E-state index in [9.17, 15) is 23.6 Å². The lowest BCUT2D eigenvalue weighted by Gasteiger charge is -2.30. The molecule has 5 rings (SSSR count). The van der Waals surface area contributed by atoms with Crippen LogP contribution in [0.1, 0.15) is 82.9 Å². The van der Waals surface area contributed by atoms with Crippen LogP contribution >= 0.6 is 11.3 Å². The number of ether oxygens (including phenoxy) is 2. The molecule has 11 nitrogen and oxygen atoms in total. The Morgan fingerprint density at radius 1 is 1.13 bits per heavy atom. The van der Waals surface area contributed by atoms with Gasteiger partial charge in [0.2, 0.25) is 0 Å². The van der Waals surface area contributed by atoms with Crippen LogP contribution in [0.3, 0.4) is 0 Å². The van der Waals surface area contributed by atoms with Gasteiger partial charge in [-0.2, -0.15) is 10.2 Å². The number of hydrogen-bond donors (Lipinski definition) is 0. The molecule has 0 bridgehead atoms. The highest BCUT2D eigenvalue weighted by Crippen LogP contribution is 2.35. The van der Waals surface area contributed by atoms with Gasteiger partial charge in [0.1, 0.15) is 38.8 Å². The molecule has 13 heteroatoms. The number of carbonyl (C=O) groups is 2. The molecular weight excluding hydrogens is 613 g/mol. The summed E-state index contributed by atoms with van der Waals surface area (Å²) in [6.45, 7) is 6.28. The summed E-state index contributed by atoms with van der Waals surface area (Å²) in [7, 11) is 1.44. The summed E-state index contributed by atoms with van der Waals surface area (Å²) in [5.41, 5.74) is -1.85. The molecular formula is C33H40FN5O6S. The van der Waals surface area contributed by atoms with Gasteiger partial charge < -0.3 is 9.47 Å². The normalized spacial score (nSPS) is 14.9. The number of ketones is 2. The van der Waals surface area contributed by atoms with Gasteiger partial charge in [-0.25, -0.2) is 13.8 Å². The van der Waals surface area contributed by atoms with Crippen LogP contribution in [0.2, 0.25) is 0 Å². The second-order valence-electron chi connectivity index (χ2n) is 12.5. The Bertz CT molecular complexity index is 1850. The Morgan fingerprint density at radius 3 is 2.48 bits per heavy atom. The average molecular weight is 654 g/mol. The molecule has 1 atom stereocenters. The summed E-state index contributed by atoms with van der Waals surface area (Å²) < 4.78 is 28.7. The molecule has 3 aromatic heterocycles. The van der Waals surface area contributed by atoms with Crippen LogP contribution in [0.25, 0.3) is 15.2 Å². The first-order valence-electron chi connectivity index (χ1n) is 15.6. The van der Waals surface area contributed by atoms with Crippen molar-refractivity contribution in [2.24, 2.45) is 5.92 Å². The summed E-state index contributed by atoms with van der Waals surface area (Å²) in [5.74, 6) is -0.276. The number of thiophene rings is 1. The van der Waals surface area contributed by atoms with Gasteiger partial charge in [0, 0.05) is 24.0 Å². The molecule has 3 heterocycles. The molecule has 0 N–H and O–H groups in total. The van der Waals surface area contributed by atoms with Gasteiger partial charge in [0.15, 0.2) is 5.78 Å². The number of rotatable bonds is 13. The molecule has 0 radical (unpaired) electrons. The van der Waals surface area contributed by atoms with Crippen LogP contribution in [-0.2, 0) is 26.4 Å². The molecule has 0 spiro atoms. The zero-order valence-electron chi connectivity index (χ0n) is 26.9. The predicted molar refractivity (Wildman–Crippen MR) is 172 cm³/mol. The first kappa shape index (κ1) is 33.4. The van der Waals surface area contributed by atoms with Crippen LogP contribution in [0, 0.1) is 18.7 Å². The second-order valence-corrected chi connectivity index (χ2v) is 13.4. The maximum atomic E-state index is 14.6. The van der Waals surface area contributed by atoms with E-state index in [1.807, 2.05) is 0 Å². The number of benzene rings is 1. The van der Waals surface area contributed by atoms with Gasteiger partial charge >= 0.3 is 5.69 Å². The second kappa shape index (κ2) is 13.8. The molecule has 1 aromatic carbocycles. The standard InChI is InChI=1S/C33H40FN5O6S/c1-20(40)13-16-45-26(24-18-23(34)11-12-25(24)44-5)19-37-31-28(21(2)30(46-31)39-35-14-15-36-39)29(42)38(32(37)43)33(3,4)27(41)17-22-9-7-6-8-10-22/h11-12,14-15,18,22,26H,6-10,13,16-17,19H2,1-5H3/t26-/m0/s1. The number of methoxy groups -OCH3 is 1. The molecule has 4 aromatic rings. The van der Waals surface area contributed by atoms with Crippen LogP contribution in [0.5, 0.6) is 5.75 Å². The van der Waals surface area contributed by atoms with Gasteiger partial charge in [-0.3, -0.25) is 19.0 Å². The SMILES string of the molecule is COc1ccc(F)cc1[C@H](Cn1c(=O)n(C(C)(C)C(=O)CC2CCCCC2)c(=O)c2c(C)c(-n3nccn3)sc21)OCCC(C)=O. The van der Waals surface area contributed by atoms with Gasteiger partial charge in [-0.05, 0) is 51.8 Å². The van der Waals surface area contributed by atoms with Crippen molar-refractivity contribution in [1.82, 2.24) is 24.1 Å². The summed E-state index contributed by atoms with van der Waals surface area (Å²) >= 11 is 1.16. The smallest absolute Gasteiger partial charge is 0.333 e. The number of aryl methyl sites for hydroxylation is 1. The van der Waals surface area contributed by atoms with Gasteiger partial charge in [0.25, 0.3) is 5.56 Å². The van der Waals surface area contributed by atoms with Crippen molar-refractivity contribution < 1.29 is 23.5 Å². The summed E-state index contributed by atoms with van der Waals surface area (Å²) in [5, 5.41) is 9.26. The third-order valence-corrected chi connectivity index (χ3v) is 10.2. The van der Waals surface area contributed by atoms with Crippen LogP contribution < -0.4 is 16.0 Å². The van der Waals surface area contributed by atoms with E-state index in [4.69, 9.17) is 9.47 Å². The average Bonchev–Trinajstić information content (AvgIpc) is 3.67. The van der Waals surface area contributed by atoms with E-state index in [1.54, 1.807) is 20.8 Å². The van der Waals surface area contributed by atoms with E-state index in [0.717, 1.165) is 48.0 Å². The molecule has 0 aliphatic heterocycles. The maximum absolute atomic E-state index is 14.6. The minimum absolute atomic E-state index is 0.00843. The van der Waals surface area contributed by atoms with Crippen molar-refractivity contribution >= 4 is 33.1 Å². The molecule has 0 unspecified atom stereocenters. The fourth-order valence-corrected chi connectivity index (χ4v) is 7.46. The van der Waals surface area contributed by atoms with Crippen LogP contribution in [0.4, 0.5) is 4.39 Å².